The van der Waals surface area contributed by atoms with Crippen molar-refractivity contribution in [3.05, 3.63) is 35.5 Å². The molecule has 6 nitrogen and oxygen atoms in total. The molecular formula is C18H17N3O3. The van der Waals surface area contributed by atoms with Gasteiger partial charge in [0.25, 0.3) is 0 Å². The predicted octanol–water partition coefficient (Wildman–Crippen LogP) is 1.36. The number of hydrogen-bond donors (Lipinski definition) is 2. The number of hydrogen-bond acceptors (Lipinski definition) is 4. The standard InChI is InChI=1S/C18H17N3O3/c1-2-11-9-15-12(10-14(11)17(19)23)5-7-20-18(15)24-8-6-13-3-4-16(22)21-13/h1,5,7,9-10,13H,3-4,6,8H2,(H2,19,23)(H,21,22)/t13-/m0/s1. The highest BCUT2D eigenvalue weighted by atomic mass is 16.5. The van der Waals surface area contributed by atoms with E-state index in [1.54, 1.807) is 24.4 Å². The minimum Gasteiger partial charge on any atom is -0.477 e. The zero-order valence-corrected chi connectivity index (χ0v) is 13.0. The van der Waals surface area contributed by atoms with Gasteiger partial charge in [-0.25, -0.2) is 4.98 Å². The van der Waals surface area contributed by atoms with Crippen molar-refractivity contribution in [3.8, 4) is 18.2 Å². The molecule has 0 aliphatic carbocycles. The number of carbonyl (C=O) groups is 2. The molecule has 6 heteroatoms. The Balaban J connectivity index is 1.82. The first kappa shape index (κ1) is 15.8. The van der Waals surface area contributed by atoms with Crippen LogP contribution in [0.5, 0.6) is 5.88 Å². The Kier molecular flexibility index (Phi) is 4.34. The fourth-order valence-electron chi connectivity index (χ4n) is 2.82. The Labute approximate surface area is 139 Å². The highest BCUT2D eigenvalue weighted by molar-refractivity contribution is 6.01. The van der Waals surface area contributed by atoms with Gasteiger partial charge in [0.05, 0.1) is 12.2 Å². The van der Waals surface area contributed by atoms with Gasteiger partial charge < -0.3 is 15.8 Å². The van der Waals surface area contributed by atoms with E-state index < -0.39 is 5.91 Å². The van der Waals surface area contributed by atoms with Crippen LogP contribution in [0, 0.1) is 12.3 Å². The smallest absolute Gasteiger partial charge is 0.249 e. The summed E-state index contributed by atoms with van der Waals surface area (Å²) in [4.78, 5) is 26.9. The van der Waals surface area contributed by atoms with Crippen LogP contribution in [0.3, 0.4) is 0 Å². The van der Waals surface area contributed by atoms with Crippen molar-refractivity contribution in [2.24, 2.45) is 5.73 Å². The number of aromatic nitrogens is 1. The average Bonchev–Trinajstić information content (AvgIpc) is 2.99. The number of nitrogens with one attached hydrogen (secondary N) is 1. The lowest BCUT2D eigenvalue weighted by Crippen LogP contribution is -2.26. The first-order valence-corrected chi connectivity index (χ1v) is 7.70. The van der Waals surface area contributed by atoms with Crippen molar-refractivity contribution < 1.29 is 14.3 Å². The number of nitrogens with two attached hydrogens (primary N) is 1. The normalized spacial score (nSPS) is 16.6. The summed E-state index contributed by atoms with van der Waals surface area (Å²) in [5.74, 6) is 2.43. The van der Waals surface area contributed by atoms with Gasteiger partial charge in [-0.05, 0) is 30.0 Å². The summed E-state index contributed by atoms with van der Waals surface area (Å²) in [6.45, 7) is 0.431. The molecule has 2 heterocycles. The number of fused-ring (bicyclic) bond motifs is 1. The van der Waals surface area contributed by atoms with Gasteiger partial charge in [0.2, 0.25) is 17.7 Å². The molecule has 1 aromatic heterocycles. The second-order valence-electron chi connectivity index (χ2n) is 5.68. The number of terminal acetylenes is 1. The molecule has 1 aliphatic rings. The van der Waals surface area contributed by atoms with Crippen LogP contribution in [0.15, 0.2) is 24.4 Å². The van der Waals surface area contributed by atoms with E-state index in [9.17, 15) is 9.59 Å². The van der Waals surface area contributed by atoms with Gasteiger partial charge in [0.15, 0.2) is 0 Å². The molecule has 0 spiro atoms. The summed E-state index contributed by atoms with van der Waals surface area (Å²) in [5.41, 5.74) is 6.08. The van der Waals surface area contributed by atoms with Gasteiger partial charge in [0.1, 0.15) is 0 Å². The van der Waals surface area contributed by atoms with Gasteiger partial charge in [-0.2, -0.15) is 0 Å². The molecule has 2 aromatic rings. The lowest BCUT2D eigenvalue weighted by Gasteiger charge is -2.12. The molecule has 1 atom stereocenters. The van der Waals surface area contributed by atoms with Crippen molar-refractivity contribution in [2.75, 3.05) is 6.61 Å². The minimum absolute atomic E-state index is 0.0842. The van der Waals surface area contributed by atoms with Gasteiger partial charge in [-0.1, -0.05) is 5.92 Å². The molecule has 0 unspecified atom stereocenters. The van der Waals surface area contributed by atoms with E-state index in [-0.39, 0.29) is 11.9 Å². The zero-order valence-electron chi connectivity index (χ0n) is 13.0. The SMILES string of the molecule is C#Cc1cc2c(OCC[C@@H]3CCC(=O)N3)nccc2cc1C(N)=O. The van der Waals surface area contributed by atoms with Crippen LogP contribution < -0.4 is 15.8 Å². The lowest BCUT2D eigenvalue weighted by atomic mass is 10.0. The van der Waals surface area contributed by atoms with Crippen LogP contribution in [0.2, 0.25) is 0 Å². The Morgan fingerprint density at radius 1 is 1.50 bits per heavy atom. The first-order valence-electron chi connectivity index (χ1n) is 7.70. The van der Waals surface area contributed by atoms with Crippen molar-refractivity contribution in [1.82, 2.24) is 10.3 Å². The first-order chi connectivity index (χ1) is 11.6. The van der Waals surface area contributed by atoms with E-state index in [1.807, 2.05) is 0 Å². The summed E-state index contributed by atoms with van der Waals surface area (Å²) >= 11 is 0. The number of pyridine rings is 1. The van der Waals surface area contributed by atoms with Gasteiger partial charge >= 0.3 is 0 Å². The predicted molar refractivity (Wildman–Crippen MR) is 89.5 cm³/mol. The van der Waals surface area contributed by atoms with Crippen LogP contribution in [0.1, 0.15) is 35.2 Å². The molecule has 24 heavy (non-hydrogen) atoms. The molecule has 1 fully saturated rings. The monoisotopic (exact) mass is 323 g/mol. The molecular weight excluding hydrogens is 306 g/mol. The van der Waals surface area contributed by atoms with Crippen molar-refractivity contribution >= 4 is 22.6 Å². The highest BCUT2D eigenvalue weighted by Crippen LogP contribution is 2.26. The molecule has 1 saturated heterocycles. The van der Waals surface area contributed by atoms with E-state index in [0.717, 1.165) is 17.2 Å². The summed E-state index contributed by atoms with van der Waals surface area (Å²) in [7, 11) is 0. The van der Waals surface area contributed by atoms with E-state index in [4.69, 9.17) is 16.9 Å². The van der Waals surface area contributed by atoms with E-state index >= 15 is 0 Å². The van der Waals surface area contributed by atoms with Crippen molar-refractivity contribution in [2.45, 2.75) is 25.3 Å². The second kappa shape index (κ2) is 6.59. The Bertz CT molecular complexity index is 854. The summed E-state index contributed by atoms with van der Waals surface area (Å²) in [6.07, 6.45) is 9.18. The third-order valence-corrected chi connectivity index (χ3v) is 4.08. The average molecular weight is 323 g/mol. The van der Waals surface area contributed by atoms with Gasteiger partial charge in [-0.3, -0.25) is 9.59 Å². The molecule has 1 aromatic carbocycles. The fraction of sp³-hybridized carbons (Fsp3) is 0.278. The third-order valence-electron chi connectivity index (χ3n) is 4.08. The second-order valence-corrected chi connectivity index (χ2v) is 5.68. The van der Waals surface area contributed by atoms with Crippen molar-refractivity contribution in [1.29, 1.82) is 0 Å². The number of carbonyl (C=O) groups excluding carboxylic acids is 2. The molecule has 0 bridgehead atoms. The molecule has 0 radical (unpaired) electrons. The number of amides is 2. The summed E-state index contributed by atoms with van der Waals surface area (Å²) < 4.78 is 5.77. The van der Waals surface area contributed by atoms with Crippen LogP contribution in [0.25, 0.3) is 10.8 Å². The van der Waals surface area contributed by atoms with E-state index in [2.05, 4.69) is 16.2 Å². The van der Waals surface area contributed by atoms with Gasteiger partial charge in [-0.15, -0.1) is 6.42 Å². The Morgan fingerprint density at radius 3 is 3.00 bits per heavy atom. The van der Waals surface area contributed by atoms with E-state index in [1.165, 1.54) is 0 Å². The number of rotatable bonds is 5. The van der Waals surface area contributed by atoms with Crippen LogP contribution in [-0.2, 0) is 4.79 Å². The third kappa shape index (κ3) is 3.15. The molecule has 3 rings (SSSR count). The van der Waals surface area contributed by atoms with Crippen molar-refractivity contribution in [3.63, 3.8) is 0 Å². The van der Waals surface area contributed by atoms with E-state index in [0.29, 0.717) is 36.5 Å². The molecule has 0 saturated carbocycles. The molecule has 1 aliphatic heterocycles. The fourth-order valence-corrected chi connectivity index (χ4v) is 2.82. The molecule has 122 valence electrons. The Morgan fingerprint density at radius 2 is 2.33 bits per heavy atom. The number of primary amides is 1. The summed E-state index contributed by atoms with van der Waals surface area (Å²) in [6, 6.07) is 5.26. The lowest BCUT2D eigenvalue weighted by molar-refractivity contribution is -0.119. The van der Waals surface area contributed by atoms with Crippen LogP contribution >= 0.6 is 0 Å². The number of ether oxygens (including phenoxy) is 1. The molecule has 2 amide bonds. The Hall–Kier alpha value is -3.07. The zero-order chi connectivity index (χ0) is 17.1. The van der Waals surface area contributed by atoms with Gasteiger partial charge in [0, 0.05) is 36.0 Å². The maximum atomic E-state index is 11.5. The summed E-state index contributed by atoms with van der Waals surface area (Å²) in [5, 5.41) is 4.41. The highest BCUT2D eigenvalue weighted by Gasteiger charge is 2.20. The quantitative estimate of drug-likeness (QED) is 0.812. The number of nitrogens with zero attached hydrogens (tertiary/aromatic N) is 1. The largest absolute Gasteiger partial charge is 0.477 e. The topological polar surface area (TPSA) is 94.3 Å². The molecule has 3 N–H and O–H groups in total. The number of benzene rings is 1. The minimum atomic E-state index is -0.568. The maximum absolute atomic E-state index is 11.5. The van der Waals surface area contributed by atoms with Crippen LogP contribution in [-0.4, -0.2) is 29.4 Å². The van der Waals surface area contributed by atoms with Crippen LogP contribution in [0.4, 0.5) is 0 Å². The maximum Gasteiger partial charge on any atom is 0.249 e.